The summed E-state index contributed by atoms with van der Waals surface area (Å²) in [5, 5.41) is 11.9. The largest absolute Gasteiger partial charge is 0.333 e. The minimum absolute atomic E-state index is 0.108. The Morgan fingerprint density at radius 3 is 3.08 bits per heavy atom. The summed E-state index contributed by atoms with van der Waals surface area (Å²) in [5.41, 5.74) is 1.19. The minimum Gasteiger partial charge on any atom is -0.333 e. The molecule has 0 bridgehead atoms. The molecule has 1 aromatic heterocycles. The van der Waals surface area contributed by atoms with Gasteiger partial charge >= 0.3 is 6.03 Å². The van der Waals surface area contributed by atoms with E-state index in [9.17, 15) is 4.79 Å². The molecule has 0 radical (unpaired) electrons. The zero-order valence-electron chi connectivity index (χ0n) is 14.6. The van der Waals surface area contributed by atoms with Crippen LogP contribution in [0.1, 0.15) is 44.0 Å². The normalized spacial score (nSPS) is 16.9. The van der Waals surface area contributed by atoms with E-state index in [1.165, 1.54) is 0 Å². The summed E-state index contributed by atoms with van der Waals surface area (Å²) in [6, 6.07) is 9.13. The number of benzene rings is 1. The predicted molar refractivity (Wildman–Crippen MR) is 96.2 cm³/mol. The highest BCUT2D eigenvalue weighted by atomic mass is 16.2. The number of amides is 2. The highest BCUT2D eigenvalue weighted by Gasteiger charge is 2.29. The second kappa shape index (κ2) is 7.39. The third-order valence-corrected chi connectivity index (χ3v) is 4.55. The quantitative estimate of drug-likeness (QED) is 0.927. The van der Waals surface area contributed by atoms with Crippen LogP contribution in [-0.2, 0) is 6.54 Å². The van der Waals surface area contributed by atoms with Crippen LogP contribution in [-0.4, -0.2) is 33.1 Å². The molecule has 1 atom stereocenters. The van der Waals surface area contributed by atoms with Gasteiger partial charge in [0.15, 0.2) is 0 Å². The molecule has 2 amide bonds. The molecule has 1 saturated heterocycles. The molecular weight excluding hydrogens is 314 g/mol. The van der Waals surface area contributed by atoms with Crippen molar-refractivity contribution in [1.82, 2.24) is 14.5 Å². The monoisotopic (exact) mass is 337 g/mol. The van der Waals surface area contributed by atoms with Crippen molar-refractivity contribution in [3.05, 3.63) is 48.0 Å². The van der Waals surface area contributed by atoms with Crippen LogP contribution >= 0.6 is 0 Å². The maximum absolute atomic E-state index is 12.7. The molecule has 6 nitrogen and oxygen atoms in total. The van der Waals surface area contributed by atoms with Crippen LogP contribution in [0.15, 0.2) is 36.7 Å². The number of hydrogen-bond acceptors (Lipinski definition) is 3. The zero-order valence-corrected chi connectivity index (χ0v) is 14.6. The third-order valence-electron chi connectivity index (χ3n) is 4.55. The van der Waals surface area contributed by atoms with E-state index in [0.717, 1.165) is 31.8 Å². The topological polar surface area (TPSA) is 74.0 Å². The van der Waals surface area contributed by atoms with Gasteiger partial charge in [-0.05, 0) is 31.0 Å². The van der Waals surface area contributed by atoms with Crippen molar-refractivity contribution in [1.29, 1.82) is 5.26 Å². The molecule has 3 rings (SSSR count). The summed E-state index contributed by atoms with van der Waals surface area (Å²) in [5.74, 6) is 1.40. The van der Waals surface area contributed by atoms with Gasteiger partial charge in [0, 0.05) is 37.1 Å². The molecule has 1 N–H and O–H groups in total. The van der Waals surface area contributed by atoms with Crippen LogP contribution in [0.2, 0.25) is 0 Å². The standard InChI is InChI=1S/C19H23N5O/c1-14(2)18-21-8-10-23(18)13-17-7-4-9-24(17)19(25)22-16-6-3-5-15(11-16)12-20/h3,5-6,8,10-11,14,17H,4,7,9,13H2,1-2H3,(H,22,25)/t17-/m1/s1. The van der Waals surface area contributed by atoms with Crippen molar-refractivity contribution < 1.29 is 4.79 Å². The molecule has 1 fully saturated rings. The molecule has 25 heavy (non-hydrogen) atoms. The van der Waals surface area contributed by atoms with Gasteiger partial charge in [0.2, 0.25) is 0 Å². The van der Waals surface area contributed by atoms with E-state index in [1.54, 1.807) is 24.3 Å². The second-order valence-corrected chi connectivity index (χ2v) is 6.70. The van der Waals surface area contributed by atoms with Crippen LogP contribution in [0.25, 0.3) is 0 Å². The van der Waals surface area contributed by atoms with E-state index in [1.807, 2.05) is 17.3 Å². The smallest absolute Gasteiger partial charge is 0.322 e. The number of aromatic nitrogens is 2. The Balaban J connectivity index is 1.69. The second-order valence-electron chi connectivity index (χ2n) is 6.70. The Morgan fingerprint density at radius 2 is 2.32 bits per heavy atom. The van der Waals surface area contributed by atoms with Gasteiger partial charge in [-0.25, -0.2) is 9.78 Å². The van der Waals surface area contributed by atoms with E-state index in [4.69, 9.17) is 5.26 Å². The Bertz CT molecular complexity index is 789. The summed E-state index contributed by atoms with van der Waals surface area (Å²) in [6.07, 6.45) is 5.80. The molecule has 0 spiro atoms. The lowest BCUT2D eigenvalue weighted by Crippen LogP contribution is -2.41. The van der Waals surface area contributed by atoms with Crippen molar-refractivity contribution in [2.24, 2.45) is 0 Å². The Morgan fingerprint density at radius 1 is 1.48 bits per heavy atom. The van der Waals surface area contributed by atoms with E-state index in [-0.39, 0.29) is 12.1 Å². The lowest BCUT2D eigenvalue weighted by atomic mass is 10.2. The lowest BCUT2D eigenvalue weighted by Gasteiger charge is -2.26. The highest BCUT2D eigenvalue weighted by molar-refractivity contribution is 5.89. The minimum atomic E-state index is -0.108. The number of carbonyl (C=O) groups excluding carboxylic acids is 1. The fourth-order valence-corrected chi connectivity index (χ4v) is 3.36. The van der Waals surface area contributed by atoms with Gasteiger partial charge in [0.05, 0.1) is 17.7 Å². The van der Waals surface area contributed by atoms with Gasteiger partial charge < -0.3 is 14.8 Å². The number of urea groups is 1. The maximum atomic E-state index is 12.7. The van der Waals surface area contributed by atoms with Gasteiger partial charge in [-0.2, -0.15) is 5.26 Å². The van der Waals surface area contributed by atoms with Crippen LogP contribution in [0, 0.1) is 11.3 Å². The molecule has 2 aromatic rings. The first-order valence-electron chi connectivity index (χ1n) is 8.67. The summed E-state index contributed by atoms with van der Waals surface area (Å²) in [7, 11) is 0. The number of nitriles is 1. The number of nitrogens with one attached hydrogen (secondary N) is 1. The number of rotatable bonds is 4. The van der Waals surface area contributed by atoms with Gasteiger partial charge in [-0.3, -0.25) is 0 Å². The molecule has 0 aliphatic carbocycles. The Hall–Kier alpha value is -2.81. The number of imidazole rings is 1. The Kier molecular flexibility index (Phi) is 5.03. The summed E-state index contributed by atoms with van der Waals surface area (Å²) < 4.78 is 2.15. The average Bonchev–Trinajstić information content (AvgIpc) is 3.24. The first kappa shape index (κ1) is 17.0. The van der Waals surface area contributed by atoms with Gasteiger partial charge in [-0.1, -0.05) is 19.9 Å². The van der Waals surface area contributed by atoms with Crippen LogP contribution in [0.4, 0.5) is 10.5 Å². The molecule has 0 unspecified atom stereocenters. The lowest BCUT2D eigenvalue weighted by molar-refractivity contribution is 0.200. The number of nitrogens with zero attached hydrogens (tertiary/aromatic N) is 4. The van der Waals surface area contributed by atoms with Crippen LogP contribution in [0.3, 0.4) is 0 Å². The molecule has 0 saturated carbocycles. The number of carbonyl (C=O) groups is 1. The van der Waals surface area contributed by atoms with Gasteiger partial charge in [-0.15, -0.1) is 0 Å². The molecule has 1 aliphatic heterocycles. The van der Waals surface area contributed by atoms with Crippen LogP contribution in [0.5, 0.6) is 0 Å². The number of likely N-dealkylation sites (tertiary alicyclic amines) is 1. The Labute approximate surface area is 148 Å². The zero-order chi connectivity index (χ0) is 17.8. The molecule has 1 aliphatic rings. The van der Waals surface area contributed by atoms with Crippen molar-refractivity contribution >= 4 is 11.7 Å². The highest BCUT2D eigenvalue weighted by Crippen LogP contribution is 2.22. The molecule has 130 valence electrons. The molecule has 2 heterocycles. The van der Waals surface area contributed by atoms with Crippen molar-refractivity contribution in [3.8, 4) is 6.07 Å². The van der Waals surface area contributed by atoms with E-state index < -0.39 is 0 Å². The average molecular weight is 337 g/mol. The van der Waals surface area contributed by atoms with Crippen molar-refractivity contribution in [2.75, 3.05) is 11.9 Å². The SMILES string of the molecule is CC(C)c1nccn1C[C@H]1CCCN1C(=O)Nc1cccc(C#N)c1. The molecule has 1 aromatic carbocycles. The van der Waals surface area contributed by atoms with Crippen molar-refractivity contribution in [2.45, 2.75) is 45.2 Å². The van der Waals surface area contributed by atoms with Crippen molar-refractivity contribution in [3.63, 3.8) is 0 Å². The number of hydrogen-bond donors (Lipinski definition) is 1. The van der Waals surface area contributed by atoms with Gasteiger partial charge in [0.1, 0.15) is 5.82 Å². The third kappa shape index (κ3) is 3.82. The van der Waals surface area contributed by atoms with Gasteiger partial charge in [0.25, 0.3) is 0 Å². The first-order chi connectivity index (χ1) is 12.1. The fourth-order valence-electron chi connectivity index (χ4n) is 3.36. The summed E-state index contributed by atoms with van der Waals surface area (Å²) in [4.78, 5) is 19.0. The predicted octanol–water partition coefficient (Wildman–Crippen LogP) is 3.57. The summed E-state index contributed by atoms with van der Waals surface area (Å²) in [6.45, 7) is 5.76. The fraction of sp³-hybridized carbons (Fsp3) is 0.421. The van der Waals surface area contributed by atoms with E-state index in [0.29, 0.717) is 17.2 Å². The summed E-state index contributed by atoms with van der Waals surface area (Å²) >= 11 is 0. The van der Waals surface area contributed by atoms with E-state index in [2.05, 4.69) is 34.8 Å². The first-order valence-corrected chi connectivity index (χ1v) is 8.67. The maximum Gasteiger partial charge on any atom is 0.322 e. The van der Waals surface area contributed by atoms with Crippen LogP contribution < -0.4 is 5.32 Å². The van der Waals surface area contributed by atoms with E-state index >= 15 is 0 Å². The molecule has 6 heteroatoms. The molecular formula is C19H23N5O. The number of anilines is 1.